The normalized spacial score (nSPS) is 12.2. The van der Waals surface area contributed by atoms with Gasteiger partial charge in [0.05, 0.1) is 12.1 Å². The van der Waals surface area contributed by atoms with Crippen LogP contribution in [0.5, 0.6) is 0 Å². The van der Waals surface area contributed by atoms with Gasteiger partial charge in [0.2, 0.25) is 0 Å². The molecule has 1 aromatic rings. The van der Waals surface area contributed by atoms with Gasteiger partial charge in [-0.15, -0.1) is 0 Å². The standard InChI is InChI=1S/C12H18N2O2/c1-8(2)16-12(15)14-9(3)10-6-4-5-7-11(10)13/h4-9H,13H2,1-3H3,(H,14,15). The maximum Gasteiger partial charge on any atom is 0.407 e. The zero-order valence-electron chi connectivity index (χ0n) is 9.86. The van der Waals surface area contributed by atoms with Crippen molar-refractivity contribution in [3.63, 3.8) is 0 Å². The Morgan fingerprint density at radius 2 is 1.94 bits per heavy atom. The summed E-state index contributed by atoms with van der Waals surface area (Å²) in [6, 6.07) is 7.28. The van der Waals surface area contributed by atoms with Crippen LogP contribution in [0, 0.1) is 0 Å². The van der Waals surface area contributed by atoms with Gasteiger partial charge in [-0.05, 0) is 32.4 Å². The van der Waals surface area contributed by atoms with Crippen molar-refractivity contribution in [3.05, 3.63) is 29.8 Å². The third-order valence-corrected chi connectivity index (χ3v) is 2.14. The van der Waals surface area contributed by atoms with E-state index in [9.17, 15) is 4.79 Å². The minimum absolute atomic E-state index is 0.125. The summed E-state index contributed by atoms with van der Waals surface area (Å²) in [6.45, 7) is 5.48. The average molecular weight is 222 g/mol. The van der Waals surface area contributed by atoms with Crippen LogP contribution in [-0.4, -0.2) is 12.2 Å². The number of hydrogen-bond acceptors (Lipinski definition) is 3. The predicted molar refractivity (Wildman–Crippen MR) is 64.0 cm³/mol. The van der Waals surface area contributed by atoms with Gasteiger partial charge in [0, 0.05) is 5.69 Å². The summed E-state index contributed by atoms with van der Waals surface area (Å²) < 4.78 is 4.99. The molecule has 4 heteroatoms. The van der Waals surface area contributed by atoms with Gasteiger partial charge in [0.25, 0.3) is 0 Å². The second-order valence-corrected chi connectivity index (χ2v) is 3.95. The summed E-state index contributed by atoms with van der Waals surface area (Å²) in [5.74, 6) is 0. The first-order valence-corrected chi connectivity index (χ1v) is 5.32. The lowest BCUT2D eigenvalue weighted by atomic mass is 10.1. The van der Waals surface area contributed by atoms with Gasteiger partial charge in [0.1, 0.15) is 0 Å². The molecule has 1 aromatic carbocycles. The van der Waals surface area contributed by atoms with E-state index in [1.807, 2.05) is 25.1 Å². The Labute approximate surface area is 95.8 Å². The van der Waals surface area contributed by atoms with E-state index < -0.39 is 6.09 Å². The van der Waals surface area contributed by atoms with Crippen molar-refractivity contribution < 1.29 is 9.53 Å². The largest absolute Gasteiger partial charge is 0.447 e. The summed E-state index contributed by atoms with van der Waals surface area (Å²) in [6.07, 6.45) is -0.550. The van der Waals surface area contributed by atoms with Crippen molar-refractivity contribution in [1.29, 1.82) is 0 Å². The van der Waals surface area contributed by atoms with Gasteiger partial charge in [-0.25, -0.2) is 4.79 Å². The molecule has 1 atom stereocenters. The van der Waals surface area contributed by atoms with E-state index in [0.29, 0.717) is 5.69 Å². The first kappa shape index (κ1) is 12.4. The number of rotatable bonds is 3. The van der Waals surface area contributed by atoms with Crippen LogP contribution in [0.1, 0.15) is 32.4 Å². The van der Waals surface area contributed by atoms with Crippen LogP contribution >= 0.6 is 0 Å². The first-order valence-electron chi connectivity index (χ1n) is 5.32. The lowest BCUT2D eigenvalue weighted by Gasteiger charge is -2.17. The number of para-hydroxylation sites is 1. The molecule has 0 saturated carbocycles. The number of hydrogen-bond donors (Lipinski definition) is 2. The summed E-state index contributed by atoms with van der Waals surface area (Å²) >= 11 is 0. The predicted octanol–water partition coefficient (Wildman–Crippen LogP) is 2.46. The zero-order valence-corrected chi connectivity index (χ0v) is 9.86. The maximum absolute atomic E-state index is 11.4. The molecule has 1 rings (SSSR count). The first-order chi connectivity index (χ1) is 7.50. The lowest BCUT2D eigenvalue weighted by Crippen LogP contribution is -2.29. The number of nitrogens with two attached hydrogens (primary N) is 1. The van der Waals surface area contributed by atoms with Crippen LogP contribution in [0.15, 0.2) is 24.3 Å². The molecule has 0 aromatic heterocycles. The van der Waals surface area contributed by atoms with E-state index in [-0.39, 0.29) is 12.1 Å². The van der Waals surface area contributed by atoms with Gasteiger partial charge in [-0.3, -0.25) is 0 Å². The SMILES string of the molecule is CC(C)OC(=O)NC(C)c1ccccc1N. The average Bonchev–Trinajstić information content (AvgIpc) is 2.16. The highest BCUT2D eigenvalue weighted by molar-refractivity contribution is 5.68. The molecule has 1 amide bonds. The van der Waals surface area contributed by atoms with Crippen LogP contribution in [0.3, 0.4) is 0 Å². The topological polar surface area (TPSA) is 64.3 Å². The summed E-state index contributed by atoms with van der Waals surface area (Å²) in [5, 5.41) is 2.73. The van der Waals surface area contributed by atoms with Gasteiger partial charge >= 0.3 is 6.09 Å². The molecule has 0 heterocycles. The second-order valence-electron chi connectivity index (χ2n) is 3.95. The van der Waals surface area contributed by atoms with Crippen molar-refractivity contribution in [2.24, 2.45) is 0 Å². The van der Waals surface area contributed by atoms with E-state index in [2.05, 4.69) is 5.32 Å². The van der Waals surface area contributed by atoms with Gasteiger partial charge in [-0.2, -0.15) is 0 Å². The zero-order chi connectivity index (χ0) is 12.1. The monoisotopic (exact) mass is 222 g/mol. The summed E-state index contributed by atoms with van der Waals surface area (Å²) in [7, 11) is 0. The van der Waals surface area contributed by atoms with Crippen LogP contribution in [0.4, 0.5) is 10.5 Å². The number of alkyl carbamates (subject to hydrolysis) is 1. The Morgan fingerprint density at radius 3 is 2.50 bits per heavy atom. The summed E-state index contributed by atoms with van der Waals surface area (Å²) in [4.78, 5) is 11.4. The number of amides is 1. The number of ether oxygens (including phenoxy) is 1. The van der Waals surface area contributed by atoms with Gasteiger partial charge in [0.15, 0.2) is 0 Å². The van der Waals surface area contributed by atoms with Crippen LogP contribution < -0.4 is 11.1 Å². The second kappa shape index (κ2) is 5.39. The fraction of sp³-hybridized carbons (Fsp3) is 0.417. The van der Waals surface area contributed by atoms with Crippen molar-refractivity contribution in [2.75, 3.05) is 5.73 Å². The molecule has 0 aliphatic rings. The van der Waals surface area contributed by atoms with E-state index >= 15 is 0 Å². The number of carbonyl (C=O) groups is 1. The molecule has 0 aliphatic carbocycles. The molecule has 3 N–H and O–H groups in total. The molecule has 0 radical (unpaired) electrons. The highest BCUT2D eigenvalue weighted by Gasteiger charge is 2.13. The van der Waals surface area contributed by atoms with Crippen LogP contribution in [0.2, 0.25) is 0 Å². The molecular formula is C12H18N2O2. The number of nitrogens with one attached hydrogen (secondary N) is 1. The Balaban J connectivity index is 2.62. The Kier molecular flexibility index (Phi) is 4.17. The highest BCUT2D eigenvalue weighted by atomic mass is 16.6. The highest BCUT2D eigenvalue weighted by Crippen LogP contribution is 2.19. The third-order valence-electron chi connectivity index (χ3n) is 2.14. The molecule has 4 nitrogen and oxygen atoms in total. The smallest absolute Gasteiger partial charge is 0.407 e. The van der Waals surface area contributed by atoms with Crippen molar-refractivity contribution in [3.8, 4) is 0 Å². The van der Waals surface area contributed by atoms with Crippen LogP contribution in [-0.2, 0) is 4.74 Å². The van der Waals surface area contributed by atoms with E-state index in [1.165, 1.54) is 0 Å². The maximum atomic E-state index is 11.4. The molecule has 0 spiro atoms. The van der Waals surface area contributed by atoms with E-state index in [0.717, 1.165) is 5.56 Å². The Bertz CT molecular complexity index is 364. The molecule has 0 fully saturated rings. The van der Waals surface area contributed by atoms with Gasteiger partial charge in [-0.1, -0.05) is 18.2 Å². The lowest BCUT2D eigenvalue weighted by molar-refractivity contribution is 0.113. The number of carbonyl (C=O) groups excluding carboxylic acids is 1. The van der Waals surface area contributed by atoms with E-state index in [4.69, 9.17) is 10.5 Å². The van der Waals surface area contributed by atoms with Gasteiger partial charge < -0.3 is 15.8 Å². The number of benzene rings is 1. The molecule has 88 valence electrons. The Hall–Kier alpha value is -1.71. The third kappa shape index (κ3) is 3.46. The molecule has 0 saturated heterocycles. The number of nitrogen functional groups attached to an aromatic ring is 1. The van der Waals surface area contributed by atoms with Crippen molar-refractivity contribution in [1.82, 2.24) is 5.32 Å². The summed E-state index contributed by atoms with van der Waals surface area (Å²) in [5.41, 5.74) is 7.36. The number of anilines is 1. The fourth-order valence-electron chi connectivity index (χ4n) is 1.41. The van der Waals surface area contributed by atoms with Crippen molar-refractivity contribution in [2.45, 2.75) is 32.9 Å². The Morgan fingerprint density at radius 1 is 1.31 bits per heavy atom. The molecule has 0 aliphatic heterocycles. The minimum Gasteiger partial charge on any atom is -0.447 e. The molecular weight excluding hydrogens is 204 g/mol. The van der Waals surface area contributed by atoms with E-state index in [1.54, 1.807) is 19.9 Å². The molecule has 1 unspecified atom stereocenters. The molecule has 16 heavy (non-hydrogen) atoms. The van der Waals surface area contributed by atoms with Crippen molar-refractivity contribution >= 4 is 11.8 Å². The quantitative estimate of drug-likeness (QED) is 0.772. The minimum atomic E-state index is -0.425. The fourth-order valence-corrected chi connectivity index (χ4v) is 1.41. The molecule has 0 bridgehead atoms. The van der Waals surface area contributed by atoms with Crippen LogP contribution in [0.25, 0.3) is 0 Å².